The molecule has 2 heterocycles. The van der Waals surface area contributed by atoms with Crippen LogP contribution in [0.3, 0.4) is 0 Å². The van der Waals surface area contributed by atoms with Gasteiger partial charge in [-0.1, -0.05) is 6.08 Å². The number of nitrogens with zero attached hydrogens (tertiary/aromatic N) is 3. The fourth-order valence-electron chi connectivity index (χ4n) is 1.91. The van der Waals surface area contributed by atoms with Gasteiger partial charge in [-0.05, 0) is 18.9 Å². The van der Waals surface area contributed by atoms with E-state index in [4.69, 9.17) is 0 Å². The van der Waals surface area contributed by atoms with Crippen LogP contribution in [-0.2, 0) is 13.5 Å². The van der Waals surface area contributed by atoms with E-state index < -0.39 is 0 Å². The molecule has 3 nitrogen and oxygen atoms in total. The number of rotatable bonds is 0. The molecule has 0 spiro atoms. The summed E-state index contributed by atoms with van der Waals surface area (Å²) in [6.07, 6.45) is 10.7. The first-order valence-corrected chi connectivity index (χ1v) is 4.55. The summed E-state index contributed by atoms with van der Waals surface area (Å²) in [5.41, 5.74) is 2.48. The Morgan fingerprint density at radius 3 is 3.23 bits per heavy atom. The van der Waals surface area contributed by atoms with Gasteiger partial charge >= 0.3 is 0 Å². The van der Waals surface area contributed by atoms with Gasteiger partial charge in [-0.3, -0.25) is 4.40 Å². The smallest absolute Gasteiger partial charge is 0.214 e. The Kier molecular flexibility index (Phi) is 1.20. The quantitative estimate of drug-likeness (QED) is 0.593. The lowest BCUT2D eigenvalue weighted by atomic mass is 10.1. The van der Waals surface area contributed by atoms with Gasteiger partial charge in [0.1, 0.15) is 0 Å². The van der Waals surface area contributed by atoms with E-state index in [-0.39, 0.29) is 0 Å². The molecule has 1 aliphatic rings. The van der Waals surface area contributed by atoms with Gasteiger partial charge in [-0.15, -0.1) is 0 Å². The lowest BCUT2D eigenvalue weighted by Gasteiger charge is -2.02. The molecule has 2 aromatic heterocycles. The number of hydrogen-bond acceptors (Lipinski definition) is 1. The van der Waals surface area contributed by atoms with E-state index in [0.29, 0.717) is 0 Å². The number of imidazole rings is 2. The summed E-state index contributed by atoms with van der Waals surface area (Å²) >= 11 is 0. The molecule has 0 atom stereocenters. The van der Waals surface area contributed by atoms with Crippen molar-refractivity contribution in [2.75, 3.05) is 0 Å². The van der Waals surface area contributed by atoms with E-state index in [2.05, 4.69) is 27.7 Å². The van der Waals surface area contributed by atoms with Crippen LogP contribution >= 0.6 is 0 Å². The zero-order chi connectivity index (χ0) is 8.84. The molecule has 0 unspecified atom stereocenters. The van der Waals surface area contributed by atoms with E-state index >= 15 is 0 Å². The molecule has 2 aromatic rings. The second kappa shape index (κ2) is 2.25. The van der Waals surface area contributed by atoms with Gasteiger partial charge in [0, 0.05) is 19.4 Å². The number of aromatic nitrogens is 3. The van der Waals surface area contributed by atoms with Crippen molar-refractivity contribution in [1.29, 1.82) is 0 Å². The average molecular weight is 173 g/mol. The highest BCUT2D eigenvalue weighted by Crippen LogP contribution is 2.20. The summed E-state index contributed by atoms with van der Waals surface area (Å²) in [4.78, 5) is 4.55. The maximum Gasteiger partial charge on any atom is 0.214 e. The number of hydrogen-bond donors (Lipinski definition) is 0. The maximum atomic E-state index is 4.55. The molecule has 0 N–H and O–H groups in total. The molecule has 66 valence electrons. The zero-order valence-electron chi connectivity index (χ0n) is 7.57. The highest BCUT2D eigenvalue weighted by Gasteiger charge is 2.13. The normalized spacial score (nSPS) is 15.2. The van der Waals surface area contributed by atoms with Crippen LogP contribution in [0.15, 0.2) is 18.5 Å². The Morgan fingerprint density at radius 2 is 2.31 bits per heavy atom. The molecular weight excluding hydrogens is 162 g/mol. The van der Waals surface area contributed by atoms with Crippen LogP contribution in [0.2, 0.25) is 0 Å². The number of aryl methyl sites for hydroxylation is 2. The van der Waals surface area contributed by atoms with E-state index in [1.807, 2.05) is 17.8 Å². The van der Waals surface area contributed by atoms with Crippen molar-refractivity contribution >= 4 is 11.9 Å². The van der Waals surface area contributed by atoms with Gasteiger partial charge in [0.05, 0.1) is 11.4 Å². The fraction of sp³-hybridized carbons (Fsp3) is 0.300. The predicted octanol–water partition coefficient (Wildman–Crippen LogP) is 1.63. The van der Waals surface area contributed by atoms with Crippen molar-refractivity contribution in [3.63, 3.8) is 0 Å². The molecule has 0 fully saturated rings. The summed E-state index contributed by atoms with van der Waals surface area (Å²) in [6.45, 7) is 0. The van der Waals surface area contributed by atoms with Gasteiger partial charge in [0.15, 0.2) is 0 Å². The summed E-state index contributed by atoms with van der Waals surface area (Å²) in [5, 5.41) is 0. The molecule has 0 saturated carbocycles. The summed E-state index contributed by atoms with van der Waals surface area (Å²) in [7, 11) is 2.03. The summed E-state index contributed by atoms with van der Waals surface area (Å²) in [5.74, 6) is 1.04. The molecule has 3 rings (SSSR count). The molecule has 0 aliphatic heterocycles. The van der Waals surface area contributed by atoms with Gasteiger partial charge in [-0.2, -0.15) is 0 Å². The highest BCUT2D eigenvalue weighted by atomic mass is 15.2. The topological polar surface area (TPSA) is 22.2 Å². The Labute approximate surface area is 76.3 Å². The monoisotopic (exact) mass is 173 g/mol. The van der Waals surface area contributed by atoms with Gasteiger partial charge < -0.3 is 4.57 Å². The Bertz CT molecular complexity index is 487. The maximum absolute atomic E-state index is 4.55. The fourth-order valence-corrected chi connectivity index (χ4v) is 1.91. The second-order valence-corrected chi connectivity index (χ2v) is 3.46. The predicted molar refractivity (Wildman–Crippen MR) is 51.5 cm³/mol. The van der Waals surface area contributed by atoms with Crippen LogP contribution in [0.1, 0.15) is 17.8 Å². The molecule has 0 aromatic carbocycles. The molecule has 0 saturated heterocycles. The zero-order valence-corrected chi connectivity index (χ0v) is 7.57. The second-order valence-electron chi connectivity index (χ2n) is 3.46. The van der Waals surface area contributed by atoms with Crippen molar-refractivity contribution in [3.8, 4) is 0 Å². The van der Waals surface area contributed by atoms with Crippen LogP contribution in [0.5, 0.6) is 0 Å². The van der Waals surface area contributed by atoms with Gasteiger partial charge in [0.25, 0.3) is 0 Å². The summed E-state index contributed by atoms with van der Waals surface area (Å²) in [6, 6.07) is 0. The van der Waals surface area contributed by atoms with Crippen molar-refractivity contribution in [1.82, 2.24) is 14.0 Å². The van der Waals surface area contributed by atoms with Gasteiger partial charge in [0.2, 0.25) is 5.78 Å². The molecule has 0 amide bonds. The average Bonchev–Trinajstić information content (AvgIpc) is 2.67. The van der Waals surface area contributed by atoms with Crippen molar-refractivity contribution < 1.29 is 0 Å². The van der Waals surface area contributed by atoms with Crippen LogP contribution in [0.25, 0.3) is 11.9 Å². The Balaban J connectivity index is 2.41. The van der Waals surface area contributed by atoms with Crippen LogP contribution < -0.4 is 0 Å². The Morgan fingerprint density at radius 1 is 1.38 bits per heavy atom. The molecule has 1 aliphatic carbocycles. The first-order chi connectivity index (χ1) is 6.36. The van der Waals surface area contributed by atoms with E-state index in [1.165, 1.54) is 5.69 Å². The first kappa shape index (κ1) is 6.95. The third-order valence-electron chi connectivity index (χ3n) is 2.60. The molecule has 13 heavy (non-hydrogen) atoms. The number of allylic oxidation sites excluding steroid dienone is 1. The van der Waals surface area contributed by atoms with E-state index in [9.17, 15) is 0 Å². The van der Waals surface area contributed by atoms with Crippen molar-refractivity contribution in [3.05, 3.63) is 29.9 Å². The lowest BCUT2D eigenvalue weighted by molar-refractivity contribution is 0.904. The van der Waals surface area contributed by atoms with Crippen LogP contribution in [0, 0.1) is 0 Å². The minimum absolute atomic E-state index is 1.04. The molecule has 0 radical (unpaired) electrons. The largest absolute Gasteiger partial charge is 0.320 e. The molecular formula is C10H11N3. The van der Waals surface area contributed by atoms with Gasteiger partial charge in [-0.25, -0.2) is 4.98 Å². The minimum Gasteiger partial charge on any atom is -0.320 e. The third-order valence-corrected chi connectivity index (χ3v) is 2.60. The van der Waals surface area contributed by atoms with E-state index in [0.717, 1.165) is 24.3 Å². The van der Waals surface area contributed by atoms with Crippen molar-refractivity contribution in [2.45, 2.75) is 12.8 Å². The number of fused-ring (bicyclic) bond motifs is 3. The summed E-state index contributed by atoms with van der Waals surface area (Å²) < 4.78 is 4.23. The molecule has 0 bridgehead atoms. The minimum atomic E-state index is 1.04. The highest BCUT2D eigenvalue weighted by molar-refractivity contribution is 5.55. The SMILES string of the molecule is Cn1ccn2c3c(nc12)C=CCC3. The van der Waals surface area contributed by atoms with E-state index in [1.54, 1.807) is 0 Å². The van der Waals surface area contributed by atoms with Crippen molar-refractivity contribution in [2.24, 2.45) is 7.05 Å². The molecule has 3 heteroatoms. The first-order valence-electron chi connectivity index (χ1n) is 4.55. The third kappa shape index (κ3) is 0.813. The van der Waals surface area contributed by atoms with Crippen LogP contribution in [-0.4, -0.2) is 14.0 Å². The lowest BCUT2D eigenvalue weighted by Crippen LogP contribution is -1.95. The standard InChI is InChI=1S/C10H11N3/c1-12-6-7-13-9-5-3-2-4-8(9)11-10(12)13/h2,4,6-7H,3,5H2,1H3. The Hall–Kier alpha value is -1.51. The van der Waals surface area contributed by atoms with Crippen LogP contribution in [0.4, 0.5) is 0 Å².